The van der Waals surface area contributed by atoms with Crippen LogP contribution < -0.4 is 14.2 Å². The summed E-state index contributed by atoms with van der Waals surface area (Å²) >= 11 is 0. The zero-order valence-corrected chi connectivity index (χ0v) is 11.0. The highest BCUT2D eigenvalue weighted by Gasteiger charge is 2.17. The van der Waals surface area contributed by atoms with E-state index in [1.165, 1.54) is 6.08 Å². The smallest absolute Gasteiger partial charge is 0.334 e. The van der Waals surface area contributed by atoms with E-state index < -0.39 is 5.97 Å². The lowest BCUT2D eigenvalue weighted by Crippen LogP contribution is -2.16. The molecule has 0 unspecified atom stereocenters. The first-order valence-electron chi connectivity index (χ1n) is 6.12. The molecule has 2 rings (SSSR count). The lowest BCUT2D eigenvalue weighted by molar-refractivity contribution is -0.137. The number of hydrogen-bond donors (Lipinski definition) is 0. The summed E-state index contributed by atoms with van der Waals surface area (Å²) in [5.41, 5.74) is 0. The molecule has 0 spiro atoms. The molecule has 1 aliphatic heterocycles. The quantitative estimate of drug-likeness (QED) is 0.474. The number of carbonyl (C=O) groups excluding carboxylic acids is 1. The molecule has 0 bridgehead atoms. The lowest BCUT2D eigenvalue weighted by Gasteiger charge is -2.20. The highest BCUT2D eigenvalue weighted by molar-refractivity contribution is 5.82. The van der Waals surface area contributed by atoms with E-state index in [1.54, 1.807) is 26.0 Å². The fourth-order valence-corrected chi connectivity index (χ4v) is 1.68. The van der Waals surface area contributed by atoms with E-state index in [0.717, 1.165) is 0 Å². The van der Waals surface area contributed by atoms with E-state index in [2.05, 4.69) is 0 Å². The third kappa shape index (κ3) is 3.40. The van der Waals surface area contributed by atoms with Gasteiger partial charge in [-0.05, 0) is 26.0 Å². The maximum absolute atomic E-state index is 11.3. The summed E-state index contributed by atoms with van der Waals surface area (Å²) < 4.78 is 21.4. The Balaban J connectivity index is 2.13. The van der Waals surface area contributed by atoms with Gasteiger partial charge in [-0.25, -0.2) is 4.79 Å². The minimum absolute atomic E-state index is 0.334. The minimum Gasteiger partial charge on any atom is -0.486 e. The molecule has 0 saturated carbocycles. The summed E-state index contributed by atoms with van der Waals surface area (Å²) in [4.78, 5) is 11.3. The van der Waals surface area contributed by atoms with Crippen molar-refractivity contribution < 1.29 is 23.7 Å². The largest absolute Gasteiger partial charge is 0.486 e. The summed E-state index contributed by atoms with van der Waals surface area (Å²) in [5.74, 6) is 1.73. The van der Waals surface area contributed by atoms with Crippen LogP contribution in [-0.4, -0.2) is 25.8 Å². The van der Waals surface area contributed by atoms with Gasteiger partial charge in [0.1, 0.15) is 19.0 Å². The van der Waals surface area contributed by atoms with Crippen molar-refractivity contribution in [3.8, 4) is 17.2 Å². The molecule has 0 aliphatic carbocycles. The van der Waals surface area contributed by atoms with Crippen LogP contribution >= 0.6 is 0 Å². The molecule has 102 valence electrons. The molecule has 19 heavy (non-hydrogen) atoms. The van der Waals surface area contributed by atoms with Crippen LogP contribution in [0.15, 0.2) is 30.0 Å². The van der Waals surface area contributed by atoms with Crippen LogP contribution in [0.1, 0.15) is 13.8 Å². The first-order chi connectivity index (χ1) is 9.20. The van der Waals surface area contributed by atoms with Gasteiger partial charge >= 0.3 is 5.97 Å². The van der Waals surface area contributed by atoms with Crippen LogP contribution in [-0.2, 0) is 9.53 Å². The normalized spacial score (nSPS) is 13.9. The molecule has 0 atom stereocenters. The maximum Gasteiger partial charge on any atom is 0.334 e. The van der Waals surface area contributed by atoms with Gasteiger partial charge < -0.3 is 18.9 Å². The third-order valence-corrected chi connectivity index (χ3v) is 2.41. The van der Waals surface area contributed by atoms with E-state index >= 15 is 0 Å². The van der Waals surface area contributed by atoms with Crippen molar-refractivity contribution in [1.82, 2.24) is 0 Å². The van der Waals surface area contributed by atoms with Crippen molar-refractivity contribution in [2.75, 3.05) is 19.8 Å². The van der Waals surface area contributed by atoms with E-state index in [4.69, 9.17) is 18.9 Å². The number of benzene rings is 1. The predicted molar refractivity (Wildman–Crippen MR) is 68.5 cm³/mol. The first-order valence-corrected chi connectivity index (χ1v) is 6.12. The van der Waals surface area contributed by atoms with E-state index in [1.807, 2.05) is 6.07 Å². The van der Waals surface area contributed by atoms with Crippen molar-refractivity contribution in [3.63, 3.8) is 0 Å². The molecule has 0 radical (unpaired) electrons. The van der Waals surface area contributed by atoms with Crippen molar-refractivity contribution in [1.29, 1.82) is 0 Å². The van der Waals surface area contributed by atoms with Gasteiger partial charge in [-0.3, -0.25) is 0 Å². The molecule has 5 nitrogen and oxygen atoms in total. The van der Waals surface area contributed by atoms with Crippen molar-refractivity contribution in [3.05, 3.63) is 30.0 Å². The Morgan fingerprint density at radius 3 is 2.95 bits per heavy atom. The molecule has 1 aliphatic rings. The van der Waals surface area contributed by atoms with Crippen LogP contribution in [0.2, 0.25) is 0 Å². The van der Waals surface area contributed by atoms with Crippen molar-refractivity contribution in [2.45, 2.75) is 13.8 Å². The van der Waals surface area contributed by atoms with Crippen molar-refractivity contribution >= 4 is 5.97 Å². The molecule has 0 fully saturated rings. The fourth-order valence-electron chi connectivity index (χ4n) is 1.68. The number of ether oxygens (including phenoxy) is 4. The molecular weight excluding hydrogens is 248 g/mol. The molecule has 1 aromatic rings. The summed E-state index contributed by atoms with van der Waals surface area (Å²) in [6.07, 6.45) is 1.30. The number of fused-ring (bicyclic) bond motifs is 1. The summed E-state index contributed by atoms with van der Waals surface area (Å²) in [5, 5.41) is 0. The van der Waals surface area contributed by atoms with Crippen LogP contribution in [0.3, 0.4) is 0 Å². The Kier molecular flexibility index (Phi) is 4.28. The number of allylic oxidation sites excluding steroid dienone is 1. The standard InChI is InChI=1S/C14H16O5/c1-3-16-13(15)9-10(2)19-12-6-4-5-11-14(12)18-8-7-17-11/h4-6,9H,3,7-8H2,1-2H3/b10-9-. The monoisotopic (exact) mass is 264 g/mol. The molecule has 0 aromatic heterocycles. The summed E-state index contributed by atoms with van der Waals surface area (Å²) in [7, 11) is 0. The highest BCUT2D eigenvalue weighted by Crippen LogP contribution is 2.39. The van der Waals surface area contributed by atoms with Gasteiger partial charge in [0, 0.05) is 0 Å². The molecular formula is C14H16O5. The van der Waals surface area contributed by atoms with E-state index in [9.17, 15) is 4.79 Å². The minimum atomic E-state index is -0.429. The van der Waals surface area contributed by atoms with Crippen LogP contribution in [0.25, 0.3) is 0 Å². The number of esters is 1. The average molecular weight is 264 g/mol. The van der Waals surface area contributed by atoms with Gasteiger partial charge in [0.05, 0.1) is 12.7 Å². The van der Waals surface area contributed by atoms with Gasteiger partial charge in [-0.15, -0.1) is 0 Å². The molecule has 5 heteroatoms. The predicted octanol–water partition coefficient (Wildman–Crippen LogP) is 2.30. The van der Waals surface area contributed by atoms with Crippen LogP contribution in [0.4, 0.5) is 0 Å². The Morgan fingerprint density at radius 1 is 1.37 bits per heavy atom. The first kappa shape index (κ1) is 13.3. The lowest BCUT2D eigenvalue weighted by atomic mass is 10.3. The Morgan fingerprint density at radius 2 is 2.16 bits per heavy atom. The number of para-hydroxylation sites is 1. The van der Waals surface area contributed by atoms with E-state index in [-0.39, 0.29) is 0 Å². The number of hydrogen-bond acceptors (Lipinski definition) is 5. The zero-order valence-electron chi connectivity index (χ0n) is 11.0. The van der Waals surface area contributed by atoms with Crippen LogP contribution in [0.5, 0.6) is 17.2 Å². The Labute approximate surface area is 111 Å². The Bertz CT molecular complexity index is 493. The van der Waals surface area contributed by atoms with Gasteiger partial charge in [0.2, 0.25) is 5.75 Å². The summed E-state index contributed by atoms with van der Waals surface area (Å²) in [6.45, 7) is 4.77. The van der Waals surface area contributed by atoms with Gasteiger partial charge in [-0.2, -0.15) is 0 Å². The molecule has 0 saturated heterocycles. The SMILES string of the molecule is CCOC(=O)/C=C(/C)Oc1cccc2c1OCCO2. The van der Waals surface area contributed by atoms with Gasteiger partial charge in [0.25, 0.3) is 0 Å². The number of carbonyl (C=O) groups is 1. The second kappa shape index (κ2) is 6.13. The summed E-state index contributed by atoms with van der Waals surface area (Å²) in [6, 6.07) is 5.38. The molecule has 1 aromatic carbocycles. The average Bonchev–Trinajstić information content (AvgIpc) is 2.39. The highest BCUT2D eigenvalue weighted by atomic mass is 16.6. The molecule has 0 N–H and O–H groups in total. The second-order valence-electron chi connectivity index (χ2n) is 3.89. The Hall–Kier alpha value is -2.17. The molecule has 0 amide bonds. The van der Waals surface area contributed by atoms with E-state index in [0.29, 0.717) is 42.8 Å². The van der Waals surface area contributed by atoms with Crippen LogP contribution in [0, 0.1) is 0 Å². The molecule has 1 heterocycles. The van der Waals surface area contributed by atoms with Gasteiger partial charge in [-0.1, -0.05) is 6.07 Å². The zero-order chi connectivity index (χ0) is 13.7. The van der Waals surface area contributed by atoms with Gasteiger partial charge in [0.15, 0.2) is 11.5 Å². The second-order valence-corrected chi connectivity index (χ2v) is 3.89. The topological polar surface area (TPSA) is 54.0 Å². The van der Waals surface area contributed by atoms with Crippen molar-refractivity contribution in [2.24, 2.45) is 0 Å². The maximum atomic E-state index is 11.3. The number of rotatable bonds is 4. The fraction of sp³-hybridized carbons (Fsp3) is 0.357. The third-order valence-electron chi connectivity index (χ3n) is 2.41.